The van der Waals surface area contributed by atoms with Crippen molar-refractivity contribution in [3.8, 4) is 0 Å². The standard InChI is InChI=1S/C14H16N4O/c1-8-3-4-9(2)12(5-8)18-14-11(13(16)19)6-10(15)7-17-14/h3-7H,15H2,1-2H3,(H2,16,19)(H,17,18). The Hall–Kier alpha value is -2.56. The lowest BCUT2D eigenvalue weighted by Crippen LogP contribution is -2.15. The molecule has 1 amide bonds. The molecule has 1 aromatic carbocycles. The SMILES string of the molecule is Cc1ccc(C)c(Nc2ncc(N)cc2C(N)=O)c1. The summed E-state index contributed by atoms with van der Waals surface area (Å²) >= 11 is 0. The summed E-state index contributed by atoms with van der Waals surface area (Å²) in [4.78, 5) is 15.5. The van der Waals surface area contributed by atoms with Crippen LogP contribution in [-0.4, -0.2) is 10.9 Å². The second kappa shape index (κ2) is 4.97. The van der Waals surface area contributed by atoms with Crippen molar-refractivity contribution < 1.29 is 4.79 Å². The monoisotopic (exact) mass is 256 g/mol. The number of nitrogen functional groups attached to an aromatic ring is 1. The molecule has 2 rings (SSSR count). The summed E-state index contributed by atoms with van der Waals surface area (Å²) in [6, 6.07) is 7.52. The number of nitrogens with zero attached hydrogens (tertiary/aromatic N) is 1. The van der Waals surface area contributed by atoms with Crippen LogP contribution in [0.3, 0.4) is 0 Å². The summed E-state index contributed by atoms with van der Waals surface area (Å²) in [7, 11) is 0. The highest BCUT2D eigenvalue weighted by Gasteiger charge is 2.11. The van der Waals surface area contributed by atoms with E-state index in [1.165, 1.54) is 12.3 Å². The van der Waals surface area contributed by atoms with E-state index >= 15 is 0 Å². The predicted octanol–water partition coefficient (Wildman–Crippen LogP) is 2.12. The smallest absolute Gasteiger partial charge is 0.252 e. The summed E-state index contributed by atoms with van der Waals surface area (Å²) < 4.78 is 0. The highest BCUT2D eigenvalue weighted by Crippen LogP contribution is 2.23. The molecule has 0 fully saturated rings. The molecule has 5 nitrogen and oxygen atoms in total. The minimum absolute atomic E-state index is 0.279. The number of nitrogens with two attached hydrogens (primary N) is 2. The van der Waals surface area contributed by atoms with Crippen molar-refractivity contribution in [2.24, 2.45) is 5.73 Å². The van der Waals surface area contributed by atoms with Gasteiger partial charge in [-0.3, -0.25) is 4.79 Å². The molecule has 0 unspecified atom stereocenters. The van der Waals surface area contributed by atoms with Gasteiger partial charge in [0.1, 0.15) is 5.82 Å². The Morgan fingerprint density at radius 1 is 1.26 bits per heavy atom. The molecule has 0 radical (unpaired) electrons. The van der Waals surface area contributed by atoms with Crippen LogP contribution in [0.15, 0.2) is 30.5 Å². The molecule has 1 heterocycles. The molecule has 0 bridgehead atoms. The maximum absolute atomic E-state index is 11.4. The van der Waals surface area contributed by atoms with Gasteiger partial charge in [0.15, 0.2) is 0 Å². The van der Waals surface area contributed by atoms with Crippen LogP contribution in [0.4, 0.5) is 17.2 Å². The maximum atomic E-state index is 11.4. The van der Waals surface area contributed by atoms with E-state index in [9.17, 15) is 4.79 Å². The molecular formula is C14H16N4O. The lowest BCUT2D eigenvalue weighted by atomic mass is 10.1. The number of benzene rings is 1. The molecule has 0 saturated carbocycles. The third kappa shape index (κ3) is 2.82. The number of hydrogen-bond donors (Lipinski definition) is 3. The molecule has 0 aliphatic rings. The van der Waals surface area contributed by atoms with Crippen LogP contribution in [0.2, 0.25) is 0 Å². The topological polar surface area (TPSA) is 94.0 Å². The van der Waals surface area contributed by atoms with Gasteiger partial charge >= 0.3 is 0 Å². The molecule has 0 aliphatic carbocycles. The van der Waals surface area contributed by atoms with Gasteiger partial charge in [-0.25, -0.2) is 4.98 Å². The number of rotatable bonds is 3. The van der Waals surface area contributed by atoms with Crippen molar-refractivity contribution in [2.75, 3.05) is 11.1 Å². The minimum atomic E-state index is -0.562. The fourth-order valence-electron chi connectivity index (χ4n) is 1.77. The van der Waals surface area contributed by atoms with E-state index in [1.54, 1.807) is 0 Å². The Balaban J connectivity index is 2.43. The van der Waals surface area contributed by atoms with Crippen LogP contribution in [-0.2, 0) is 0 Å². The number of aromatic nitrogens is 1. The zero-order valence-electron chi connectivity index (χ0n) is 10.9. The Morgan fingerprint density at radius 3 is 2.68 bits per heavy atom. The lowest BCUT2D eigenvalue weighted by molar-refractivity contribution is 0.100. The molecule has 5 N–H and O–H groups in total. The number of carbonyl (C=O) groups excluding carboxylic acids is 1. The molecule has 0 saturated heterocycles. The van der Waals surface area contributed by atoms with Crippen LogP contribution in [0.1, 0.15) is 21.5 Å². The first-order valence-corrected chi connectivity index (χ1v) is 5.87. The number of pyridine rings is 1. The van der Waals surface area contributed by atoms with E-state index in [0.29, 0.717) is 11.5 Å². The van der Waals surface area contributed by atoms with Gasteiger partial charge in [0, 0.05) is 5.69 Å². The third-order valence-corrected chi connectivity index (χ3v) is 2.82. The zero-order chi connectivity index (χ0) is 14.0. The Bertz CT molecular complexity index is 637. The first-order valence-electron chi connectivity index (χ1n) is 5.87. The van der Waals surface area contributed by atoms with Crippen LogP contribution >= 0.6 is 0 Å². The van der Waals surface area contributed by atoms with Crippen molar-refractivity contribution in [2.45, 2.75) is 13.8 Å². The molecule has 19 heavy (non-hydrogen) atoms. The van der Waals surface area contributed by atoms with Crippen LogP contribution in [0, 0.1) is 13.8 Å². The van der Waals surface area contributed by atoms with Gasteiger partial charge in [0.25, 0.3) is 5.91 Å². The van der Waals surface area contributed by atoms with E-state index in [4.69, 9.17) is 11.5 Å². The van der Waals surface area contributed by atoms with Crippen molar-refractivity contribution in [3.05, 3.63) is 47.2 Å². The van der Waals surface area contributed by atoms with E-state index in [-0.39, 0.29) is 5.56 Å². The van der Waals surface area contributed by atoms with Gasteiger partial charge in [0.05, 0.1) is 17.4 Å². The van der Waals surface area contributed by atoms with Gasteiger partial charge in [-0.05, 0) is 37.1 Å². The molecule has 0 spiro atoms. The summed E-state index contributed by atoms with van der Waals surface area (Å²) in [5, 5.41) is 3.12. The van der Waals surface area contributed by atoms with Gasteiger partial charge in [-0.2, -0.15) is 0 Å². The fourth-order valence-corrected chi connectivity index (χ4v) is 1.77. The fraction of sp³-hybridized carbons (Fsp3) is 0.143. The first-order chi connectivity index (χ1) is 8.97. The Kier molecular flexibility index (Phi) is 3.37. The molecule has 2 aromatic rings. The van der Waals surface area contributed by atoms with Crippen molar-refractivity contribution in [1.29, 1.82) is 0 Å². The van der Waals surface area contributed by atoms with Crippen LogP contribution in [0.25, 0.3) is 0 Å². The summed E-state index contributed by atoms with van der Waals surface area (Å²) in [6.07, 6.45) is 1.49. The second-order valence-electron chi connectivity index (χ2n) is 4.47. The Morgan fingerprint density at radius 2 is 2.00 bits per heavy atom. The number of nitrogens with one attached hydrogen (secondary N) is 1. The molecular weight excluding hydrogens is 240 g/mol. The predicted molar refractivity (Wildman–Crippen MR) is 76.4 cm³/mol. The van der Waals surface area contributed by atoms with Crippen LogP contribution in [0.5, 0.6) is 0 Å². The van der Waals surface area contributed by atoms with E-state index in [2.05, 4.69) is 10.3 Å². The second-order valence-corrected chi connectivity index (χ2v) is 4.47. The third-order valence-electron chi connectivity index (χ3n) is 2.82. The van der Waals surface area contributed by atoms with Gasteiger partial charge in [-0.1, -0.05) is 12.1 Å². The number of aryl methyl sites for hydroxylation is 2. The molecule has 5 heteroatoms. The molecule has 98 valence electrons. The normalized spacial score (nSPS) is 10.2. The number of primary amides is 1. The van der Waals surface area contributed by atoms with Gasteiger partial charge in [-0.15, -0.1) is 0 Å². The number of amides is 1. The summed E-state index contributed by atoms with van der Waals surface area (Å²) in [5.41, 5.74) is 14.7. The highest BCUT2D eigenvalue weighted by molar-refractivity contribution is 5.99. The molecule has 0 atom stereocenters. The number of carbonyl (C=O) groups is 1. The first kappa shape index (κ1) is 12.9. The van der Waals surface area contributed by atoms with Gasteiger partial charge in [0.2, 0.25) is 0 Å². The summed E-state index contributed by atoms with van der Waals surface area (Å²) in [6.45, 7) is 3.97. The Labute approximate surface area is 111 Å². The average Bonchev–Trinajstić information content (AvgIpc) is 2.35. The van der Waals surface area contributed by atoms with Crippen LogP contribution < -0.4 is 16.8 Å². The number of anilines is 3. The van der Waals surface area contributed by atoms with Crippen molar-refractivity contribution >= 4 is 23.1 Å². The molecule has 1 aromatic heterocycles. The van der Waals surface area contributed by atoms with Gasteiger partial charge < -0.3 is 16.8 Å². The largest absolute Gasteiger partial charge is 0.397 e. The summed E-state index contributed by atoms with van der Waals surface area (Å²) in [5.74, 6) is -0.150. The highest BCUT2D eigenvalue weighted by atomic mass is 16.1. The van der Waals surface area contributed by atoms with E-state index in [0.717, 1.165) is 16.8 Å². The lowest BCUT2D eigenvalue weighted by Gasteiger charge is -2.12. The van der Waals surface area contributed by atoms with E-state index in [1.807, 2.05) is 32.0 Å². The van der Waals surface area contributed by atoms with Crippen molar-refractivity contribution in [3.63, 3.8) is 0 Å². The van der Waals surface area contributed by atoms with Crippen molar-refractivity contribution in [1.82, 2.24) is 4.98 Å². The average molecular weight is 256 g/mol. The number of hydrogen-bond acceptors (Lipinski definition) is 4. The maximum Gasteiger partial charge on any atom is 0.252 e. The van der Waals surface area contributed by atoms with E-state index < -0.39 is 5.91 Å². The molecule has 0 aliphatic heterocycles. The quantitative estimate of drug-likeness (QED) is 0.784. The minimum Gasteiger partial charge on any atom is -0.397 e. The zero-order valence-corrected chi connectivity index (χ0v) is 10.9.